The van der Waals surface area contributed by atoms with Crippen molar-refractivity contribution in [3.63, 3.8) is 0 Å². The van der Waals surface area contributed by atoms with Crippen LogP contribution < -0.4 is 4.90 Å². The zero-order valence-electron chi connectivity index (χ0n) is 10.9. The van der Waals surface area contributed by atoms with Crippen LogP contribution in [0.1, 0.15) is 38.7 Å². The van der Waals surface area contributed by atoms with Crippen molar-refractivity contribution < 1.29 is 4.79 Å². The van der Waals surface area contributed by atoms with Crippen LogP contribution in [0.25, 0.3) is 0 Å². The van der Waals surface area contributed by atoms with E-state index in [4.69, 9.17) is 0 Å². The second-order valence-electron chi connectivity index (χ2n) is 4.82. The van der Waals surface area contributed by atoms with Crippen LogP contribution in [0.4, 0.5) is 5.69 Å². The SMILES string of the molecule is CCN(CC)c1ccc([C@@H]2C[C@@H]2C(C)=O)cc1. The normalized spacial score (nSPS) is 22.3. The molecule has 0 spiro atoms. The highest BCUT2D eigenvalue weighted by Gasteiger charge is 2.41. The van der Waals surface area contributed by atoms with E-state index in [1.165, 1.54) is 11.3 Å². The van der Waals surface area contributed by atoms with Crippen molar-refractivity contribution in [2.45, 2.75) is 33.1 Å². The summed E-state index contributed by atoms with van der Waals surface area (Å²) in [6.45, 7) is 8.12. The average Bonchev–Trinajstić information content (AvgIpc) is 3.12. The molecular formula is C15H21NO. The van der Waals surface area contributed by atoms with Crippen LogP contribution in [0.2, 0.25) is 0 Å². The number of rotatable bonds is 5. The van der Waals surface area contributed by atoms with Gasteiger partial charge in [-0.1, -0.05) is 12.1 Å². The van der Waals surface area contributed by atoms with E-state index in [1.807, 2.05) is 0 Å². The van der Waals surface area contributed by atoms with Gasteiger partial charge in [0.15, 0.2) is 0 Å². The zero-order valence-corrected chi connectivity index (χ0v) is 10.9. The maximum absolute atomic E-state index is 11.2. The molecule has 1 aromatic carbocycles. The summed E-state index contributed by atoms with van der Waals surface area (Å²) < 4.78 is 0. The molecule has 0 aliphatic heterocycles. The zero-order chi connectivity index (χ0) is 12.4. The molecule has 0 bridgehead atoms. The second kappa shape index (κ2) is 4.91. The first-order chi connectivity index (χ1) is 8.17. The third-order valence-electron chi connectivity index (χ3n) is 3.76. The molecule has 1 aliphatic rings. The van der Waals surface area contributed by atoms with E-state index in [0.717, 1.165) is 19.5 Å². The Balaban J connectivity index is 2.06. The first kappa shape index (κ1) is 12.2. The monoisotopic (exact) mass is 231 g/mol. The average molecular weight is 231 g/mol. The van der Waals surface area contributed by atoms with Gasteiger partial charge in [0.25, 0.3) is 0 Å². The summed E-state index contributed by atoms with van der Waals surface area (Å²) in [5, 5.41) is 0. The number of hydrogen-bond donors (Lipinski definition) is 0. The van der Waals surface area contributed by atoms with Crippen molar-refractivity contribution in [1.82, 2.24) is 0 Å². The van der Waals surface area contributed by atoms with Gasteiger partial charge in [0, 0.05) is 24.7 Å². The van der Waals surface area contributed by atoms with Crippen LogP contribution in [-0.4, -0.2) is 18.9 Å². The summed E-state index contributed by atoms with van der Waals surface area (Å²) >= 11 is 0. The van der Waals surface area contributed by atoms with E-state index >= 15 is 0 Å². The number of hydrogen-bond acceptors (Lipinski definition) is 2. The van der Waals surface area contributed by atoms with E-state index in [9.17, 15) is 4.79 Å². The Bertz CT molecular complexity index is 392. The largest absolute Gasteiger partial charge is 0.372 e. The lowest BCUT2D eigenvalue weighted by Gasteiger charge is -2.21. The third-order valence-corrected chi connectivity index (χ3v) is 3.76. The molecule has 0 heterocycles. The van der Waals surface area contributed by atoms with Crippen LogP contribution >= 0.6 is 0 Å². The Hall–Kier alpha value is -1.31. The lowest BCUT2D eigenvalue weighted by molar-refractivity contribution is -0.118. The lowest BCUT2D eigenvalue weighted by atomic mass is 10.1. The minimum absolute atomic E-state index is 0.286. The van der Waals surface area contributed by atoms with Crippen LogP contribution in [-0.2, 0) is 4.79 Å². The van der Waals surface area contributed by atoms with Gasteiger partial charge in [-0.2, -0.15) is 0 Å². The van der Waals surface area contributed by atoms with Crippen LogP contribution in [0.3, 0.4) is 0 Å². The first-order valence-electron chi connectivity index (χ1n) is 6.52. The highest BCUT2D eigenvalue weighted by atomic mass is 16.1. The Labute approximate surface area is 104 Å². The summed E-state index contributed by atoms with van der Waals surface area (Å²) in [4.78, 5) is 13.6. The van der Waals surface area contributed by atoms with Gasteiger partial charge in [-0.05, 0) is 50.8 Å². The van der Waals surface area contributed by atoms with E-state index in [2.05, 4.69) is 43.0 Å². The first-order valence-corrected chi connectivity index (χ1v) is 6.52. The fourth-order valence-electron chi connectivity index (χ4n) is 2.53. The van der Waals surface area contributed by atoms with Crippen molar-refractivity contribution in [1.29, 1.82) is 0 Å². The number of carbonyl (C=O) groups excluding carboxylic acids is 1. The fraction of sp³-hybridized carbons (Fsp3) is 0.533. The molecule has 0 aromatic heterocycles. The molecule has 0 N–H and O–H groups in total. The van der Waals surface area contributed by atoms with Crippen molar-refractivity contribution >= 4 is 11.5 Å². The van der Waals surface area contributed by atoms with Gasteiger partial charge in [0.05, 0.1) is 0 Å². The molecule has 1 saturated carbocycles. The molecule has 17 heavy (non-hydrogen) atoms. The second-order valence-corrected chi connectivity index (χ2v) is 4.82. The number of benzene rings is 1. The van der Waals surface area contributed by atoms with Crippen molar-refractivity contribution in [3.8, 4) is 0 Å². The smallest absolute Gasteiger partial charge is 0.133 e. The summed E-state index contributed by atoms with van der Waals surface area (Å²) in [5.41, 5.74) is 2.60. The molecule has 0 amide bonds. The number of Topliss-reactive ketones (excluding diaryl/α,β-unsaturated/α-hetero) is 1. The predicted molar refractivity (Wildman–Crippen MR) is 71.5 cm³/mol. The predicted octanol–water partition coefficient (Wildman–Crippen LogP) is 3.23. The van der Waals surface area contributed by atoms with E-state index in [0.29, 0.717) is 11.7 Å². The Morgan fingerprint density at radius 3 is 2.24 bits per heavy atom. The highest BCUT2D eigenvalue weighted by molar-refractivity contribution is 5.82. The van der Waals surface area contributed by atoms with E-state index < -0.39 is 0 Å². The van der Waals surface area contributed by atoms with Gasteiger partial charge in [-0.15, -0.1) is 0 Å². The Morgan fingerprint density at radius 1 is 1.24 bits per heavy atom. The molecule has 1 aliphatic carbocycles. The van der Waals surface area contributed by atoms with Gasteiger partial charge in [-0.3, -0.25) is 4.79 Å². The van der Waals surface area contributed by atoms with Gasteiger partial charge < -0.3 is 4.90 Å². The van der Waals surface area contributed by atoms with Crippen LogP contribution in [0, 0.1) is 5.92 Å². The highest BCUT2D eigenvalue weighted by Crippen LogP contribution is 2.48. The molecule has 2 atom stereocenters. The molecule has 0 saturated heterocycles. The van der Waals surface area contributed by atoms with E-state index in [1.54, 1.807) is 6.92 Å². The Kier molecular flexibility index (Phi) is 3.51. The van der Waals surface area contributed by atoms with Crippen molar-refractivity contribution in [3.05, 3.63) is 29.8 Å². The van der Waals surface area contributed by atoms with Gasteiger partial charge in [0.2, 0.25) is 0 Å². The topological polar surface area (TPSA) is 20.3 Å². The summed E-state index contributed by atoms with van der Waals surface area (Å²) in [7, 11) is 0. The number of carbonyl (C=O) groups is 1. The molecule has 2 heteroatoms. The Morgan fingerprint density at radius 2 is 1.82 bits per heavy atom. The van der Waals surface area contributed by atoms with Crippen LogP contribution in [0.15, 0.2) is 24.3 Å². The minimum Gasteiger partial charge on any atom is -0.372 e. The van der Waals surface area contributed by atoms with Crippen LogP contribution in [0.5, 0.6) is 0 Å². The molecule has 1 fully saturated rings. The molecule has 0 unspecified atom stereocenters. The molecule has 92 valence electrons. The summed E-state index contributed by atoms with van der Waals surface area (Å²) in [5.74, 6) is 1.11. The lowest BCUT2D eigenvalue weighted by Crippen LogP contribution is -2.21. The van der Waals surface area contributed by atoms with Gasteiger partial charge >= 0.3 is 0 Å². The molecular weight excluding hydrogens is 210 g/mol. The van der Waals surface area contributed by atoms with Gasteiger partial charge in [-0.25, -0.2) is 0 Å². The standard InChI is InChI=1S/C15H21NO/c1-4-16(5-2)13-8-6-12(7-9-13)15-10-14(15)11(3)17/h6-9,14-15H,4-5,10H2,1-3H3/t14-,15+/m1/s1. The molecule has 0 radical (unpaired) electrons. The summed E-state index contributed by atoms with van der Waals surface area (Å²) in [6.07, 6.45) is 1.04. The fourth-order valence-corrected chi connectivity index (χ4v) is 2.53. The third kappa shape index (κ3) is 2.51. The number of ketones is 1. The maximum Gasteiger partial charge on any atom is 0.133 e. The number of nitrogens with zero attached hydrogens (tertiary/aromatic N) is 1. The minimum atomic E-state index is 0.286. The molecule has 2 nitrogen and oxygen atoms in total. The van der Waals surface area contributed by atoms with Crippen molar-refractivity contribution in [2.24, 2.45) is 5.92 Å². The molecule has 1 aromatic rings. The number of anilines is 1. The summed E-state index contributed by atoms with van der Waals surface area (Å²) in [6, 6.07) is 8.72. The van der Waals surface area contributed by atoms with E-state index in [-0.39, 0.29) is 5.92 Å². The maximum atomic E-state index is 11.2. The van der Waals surface area contributed by atoms with Gasteiger partial charge in [0.1, 0.15) is 5.78 Å². The quantitative estimate of drug-likeness (QED) is 0.775. The van der Waals surface area contributed by atoms with Crippen molar-refractivity contribution in [2.75, 3.05) is 18.0 Å². The molecule has 2 rings (SSSR count).